The number of hydrogen-bond acceptors (Lipinski definition) is 4. The summed E-state index contributed by atoms with van der Waals surface area (Å²) < 4.78 is 11.3. The molecule has 5 heteroatoms. The third-order valence-electron chi connectivity index (χ3n) is 5.89. The van der Waals surface area contributed by atoms with E-state index in [0.29, 0.717) is 12.2 Å². The first-order chi connectivity index (χ1) is 15.2. The Kier molecular flexibility index (Phi) is 6.70. The fourth-order valence-corrected chi connectivity index (χ4v) is 4.23. The molecular weight excluding hydrogens is 388 g/mol. The van der Waals surface area contributed by atoms with Gasteiger partial charge in [-0.1, -0.05) is 37.8 Å². The molecule has 1 heterocycles. The van der Waals surface area contributed by atoms with Crippen molar-refractivity contribution in [3.63, 3.8) is 0 Å². The predicted octanol–water partition coefficient (Wildman–Crippen LogP) is 5.76. The lowest BCUT2D eigenvalue weighted by molar-refractivity contribution is 0.0933. The number of rotatable bonds is 6. The van der Waals surface area contributed by atoms with Gasteiger partial charge in [0.1, 0.15) is 11.5 Å². The molecule has 0 spiro atoms. The van der Waals surface area contributed by atoms with E-state index in [-0.39, 0.29) is 11.9 Å². The van der Waals surface area contributed by atoms with E-state index >= 15 is 0 Å². The topological polar surface area (TPSA) is 60.5 Å². The Bertz CT molecular complexity index is 1060. The highest BCUT2D eigenvalue weighted by Crippen LogP contribution is 2.32. The SMILES string of the molecule is CCOc1cc(-c2cccc(OC)c2)nc2ccc(C(=O)NC3CCCCCC3)cc12. The van der Waals surface area contributed by atoms with Crippen molar-refractivity contribution in [3.05, 3.63) is 54.1 Å². The number of nitrogens with one attached hydrogen (secondary N) is 1. The molecule has 0 bridgehead atoms. The zero-order chi connectivity index (χ0) is 21.6. The van der Waals surface area contributed by atoms with Crippen LogP contribution < -0.4 is 14.8 Å². The molecule has 1 aromatic heterocycles. The maximum absolute atomic E-state index is 12.9. The van der Waals surface area contributed by atoms with Crippen molar-refractivity contribution in [2.45, 2.75) is 51.5 Å². The van der Waals surface area contributed by atoms with Crippen LogP contribution in [0.3, 0.4) is 0 Å². The molecule has 5 nitrogen and oxygen atoms in total. The zero-order valence-electron chi connectivity index (χ0n) is 18.3. The molecule has 162 valence electrons. The Morgan fingerprint density at radius 1 is 1.06 bits per heavy atom. The summed E-state index contributed by atoms with van der Waals surface area (Å²) in [5.74, 6) is 1.49. The van der Waals surface area contributed by atoms with Gasteiger partial charge in [0.15, 0.2) is 0 Å². The number of benzene rings is 2. The Hall–Kier alpha value is -3.08. The van der Waals surface area contributed by atoms with E-state index < -0.39 is 0 Å². The molecule has 0 unspecified atom stereocenters. The van der Waals surface area contributed by atoms with Gasteiger partial charge in [-0.2, -0.15) is 0 Å². The Morgan fingerprint density at radius 2 is 1.87 bits per heavy atom. The van der Waals surface area contributed by atoms with Crippen LogP contribution in [0.25, 0.3) is 22.2 Å². The average Bonchev–Trinajstić information content (AvgIpc) is 3.07. The molecule has 31 heavy (non-hydrogen) atoms. The van der Waals surface area contributed by atoms with Gasteiger partial charge in [0.25, 0.3) is 5.91 Å². The van der Waals surface area contributed by atoms with E-state index in [1.54, 1.807) is 7.11 Å². The summed E-state index contributed by atoms with van der Waals surface area (Å²) in [6.45, 7) is 2.50. The fraction of sp³-hybridized carbons (Fsp3) is 0.385. The van der Waals surface area contributed by atoms with Crippen LogP contribution in [0.4, 0.5) is 0 Å². The smallest absolute Gasteiger partial charge is 0.251 e. The highest BCUT2D eigenvalue weighted by Gasteiger charge is 2.17. The summed E-state index contributed by atoms with van der Waals surface area (Å²) in [5, 5.41) is 4.08. The summed E-state index contributed by atoms with van der Waals surface area (Å²) in [7, 11) is 1.65. The van der Waals surface area contributed by atoms with E-state index in [9.17, 15) is 4.79 Å². The first-order valence-corrected chi connectivity index (χ1v) is 11.2. The third kappa shape index (κ3) is 4.98. The van der Waals surface area contributed by atoms with Crippen molar-refractivity contribution >= 4 is 16.8 Å². The van der Waals surface area contributed by atoms with Crippen molar-refractivity contribution in [3.8, 4) is 22.8 Å². The summed E-state index contributed by atoms with van der Waals surface area (Å²) in [6, 6.07) is 15.7. The Balaban J connectivity index is 1.66. The normalized spacial score (nSPS) is 14.8. The molecule has 0 atom stereocenters. The van der Waals surface area contributed by atoms with Gasteiger partial charge in [-0.25, -0.2) is 4.98 Å². The lowest BCUT2D eigenvalue weighted by Crippen LogP contribution is -2.34. The van der Waals surface area contributed by atoms with Crippen molar-refractivity contribution < 1.29 is 14.3 Å². The quantitative estimate of drug-likeness (QED) is 0.517. The largest absolute Gasteiger partial charge is 0.497 e. The van der Waals surface area contributed by atoms with Gasteiger partial charge in [-0.15, -0.1) is 0 Å². The lowest BCUT2D eigenvalue weighted by Gasteiger charge is -2.17. The van der Waals surface area contributed by atoms with Crippen LogP contribution in [-0.4, -0.2) is 30.6 Å². The molecule has 1 amide bonds. The monoisotopic (exact) mass is 418 g/mol. The first kappa shape index (κ1) is 21.2. The van der Waals surface area contributed by atoms with E-state index in [4.69, 9.17) is 14.5 Å². The maximum Gasteiger partial charge on any atom is 0.251 e. The highest BCUT2D eigenvalue weighted by atomic mass is 16.5. The van der Waals surface area contributed by atoms with Gasteiger partial charge in [0, 0.05) is 28.6 Å². The number of hydrogen-bond donors (Lipinski definition) is 1. The van der Waals surface area contributed by atoms with Crippen LogP contribution in [0.15, 0.2) is 48.5 Å². The minimum atomic E-state index is -0.0203. The van der Waals surface area contributed by atoms with Gasteiger partial charge in [-0.05, 0) is 50.1 Å². The number of aromatic nitrogens is 1. The van der Waals surface area contributed by atoms with Crippen molar-refractivity contribution in [1.29, 1.82) is 0 Å². The minimum Gasteiger partial charge on any atom is -0.497 e. The van der Waals surface area contributed by atoms with Crippen LogP contribution in [0.2, 0.25) is 0 Å². The number of fused-ring (bicyclic) bond motifs is 1. The van der Waals surface area contributed by atoms with Gasteiger partial charge in [0.2, 0.25) is 0 Å². The number of amides is 1. The molecule has 1 fully saturated rings. The van der Waals surface area contributed by atoms with Crippen molar-refractivity contribution in [2.75, 3.05) is 13.7 Å². The zero-order valence-corrected chi connectivity index (χ0v) is 18.3. The van der Waals surface area contributed by atoms with Gasteiger partial charge < -0.3 is 14.8 Å². The molecule has 3 aromatic rings. The van der Waals surface area contributed by atoms with Crippen LogP contribution in [0.1, 0.15) is 55.8 Å². The van der Waals surface area contributed by atoms with Crippen molar-refractivity contribution in [1.82, 2.24) is 10.3 Å². The molecule has 0 radical (unpaired) electrons. The molecular formula is C26H30N2O3. The second kappa shape index (κ2) is 9.82. The van der Waals surface area contributed by atoms with Crippen LogP contribution in [-0.2, 0) is 0 Å². The highest BCUT2D eigenvalue weighted by molar-refractivity contribution is 6.00. The first-order valence-electron chi connectivity index (χ1n) is 11.2. The number of pyridine rings is 1. The molecule has 4 rings (SSSR count). The van der Waals surface area contributed by atoms with Crippen LogP contribution in [0.5, 0.6) is 11.5 Å². The average molecular weight is 419 g/mol. The van der Waals surface area contributed by atoms with E-state index in [0.717, 1.165) is 46.5 Å². The number of carbonyl (C=O) groups excluding carboxylic acids is 1. The molecule has 1 aliphatic rings. The second-order valence-corrected chi connectivity index (χ2v) is 8.06. The molecule has 1 aliphatic carbocycles. The van der Waals surface area contributed by atoms with Gasteiger partial charge in [0.05, 0.1) is 24.9 Å². The minimum absolute atomic E-state index is 0.0203. The van der Waals surface area contributed by atoms with Crippen LogP contribution in [0, 0.1) is 0 Å². The molecule has 2 aromatic carbocycles. The molecule has 0 aliphatic heterocycles. The number of ether oxygens (including phenoxy) is 2. The van der Waals surface area contributed by atoms with E-state index in [2.05, 4.69) is 5.32 Å². The number of methoxy groups -OCH3 is 1. The Morgan fingerprint density at radius 3 is 2.61 bits per heavy atom. The molecule has 0 saturated heterocycles. The lowest BCUT2D eigenvalue weighted by atomic mass is 10.0. The van der Waals surface area contributed by atoms with Gasteiger partial charge >= 0.3 is 0 Å². The third-order valence-corrected chi connectivity index (χ3v) is 5.89. The summed E-state index contributed by atoms with van der Waals surface area (Å²) in [4.78, 5) is 17.7. The standard InChI is InChI=1S/C26H30N2O3/c1-3-31-25-17-24(18-9-8-12-21(15-18)30-2)28-23-14-13-19(16-22(23)25)26(29)27-20-10-6-4-5-7-11-20/h8-9,12-17,20H,3-7,10-11H2,1-2H3,(H,27,29). The molecule has 1 saturated carbocycles. The van der Waals surface area contributed by atoms with Crippen molar-refractivity contribution in [2.24, 2.45) is 0 Å². The van der Waals surface area contributed by atoms with Gasteiger partial charge in [-0.3, -0.25) is 4.79 Å². The summed E-state index contributed by atoms with van der Waals surface area (Å²) in [5.41, 5.74) is 3.21. The maximum atomic E-state index is 12.9. The second-order valence-electron chi connectivity index (χ2n) is 8.06. The van der Waals surface area contributed by atoms with Crippen LogP contribution >= 0.6 is 0 Å². The predicted molar refractivity (Wildman–Crippen MR) is 124 cm³/mol. The summed E-state index contributed by atoms with van der Waals surface area (Å²) >= 11 is 0. The van der Waals surface area contributed by atoms with E-state index in [1.807, 2.05) is 55.5 Å². The number of carbonyl (C=O) groups is 1. The van der Waals surface area contributed by atoms with E-state index in [1.165, 1.54) is 25.7 Å². The fourth-order valence-electron chi connectivity index (χ4n) is 4.23. The molecule has 1 N–H and O–H groups in total. The number of nitrogens with zero attached hydrogens (tertiary/aromatic N) is 1. The summed E-state index contributed by atoms with van der Waals surface area (Å²) in [6.07, 6.45) is 7.04. The Labute approximate surface area is 183 Å².